The number of para-hydroxylation sites is 1. The van der Waals surface area contributed by atoms with Crippen LogP contribution in [0.4, 0.5) is 0 Å². The number of carbonyl (C=O) groups is 1. The molecular weight excluding hydrogens is 297 g/mol. The molecule has 1 N–H and O–H groups in total. The molecule has 2 rings (SSSR count). The van der Waals surface area contributed by atoms with Gasteiger partial charge in [-0.25, -0.2) is 0 Å². The molecule has 5 heteroatoms. The van der Waals surface area contributed by atoms with Crippen molar-refractivity contribution in [1.29, 1.82) is 0 Å². The summed E-state index contributed by atoms with van der Waals surface area (Å²) in [6.07, 6.45) is 3.57. The number of aryl methyl sites for hydroxylation is 1. The van der Waals surface area contributed by atoms with Crippen LogP contribution in [-0.4, -0.2) is 15.6 Å². The third kappa shape index (κ3) is 3.56. The van der Waals surface area contributed by atoms with Gasteiger partial charge in [0.2, 0.25) is 0 Å². The Hall–Kier alpha value is -1.45. The fourth-order valence-electron chi connectivity index (χ4n) is 2.28. The molecule has 0 radical (unpaired) electrons. The van der Waals surface area contributed by atoms with E-state index in [1.165, 1.54) is 5.54 Å². The van der Waals surface area contributed by atoms with Crippen LogP contribution in [0.2, 0.25) is 0 Å². The summed E-state index contributed by atoms with van der Waals surface area (Å²) in [6, 6.07) is 8.01. The fraction of sp³-hybridized carbons (Fsp3) is 0.267. The van der Waals surface area contributed by atoms with Gasteiger partial charge in [0.25, 0.3) is 0 Å². The Labute approximate surface area is 127 Å². The van der Waals surface area contributed by atoms with Crippen LogP contribution in [0, 0.1) is 0 Å². The molecule has 0 amide bonds. The first-order chi connectivity index (χ1) is 9.61. The quantitative estimate of drug-likeness (QED) is 0.860. The number of halogens is 2. The van der Waals surface area contributed by atoms with E-state index < -0.39 is 5.97 Å². The zero-order chi connectivity index (χ0) is 14.5. The molecule has 0 spiro atoms. The van der Waals surface area contributed by atoms with Crippen molar-refractivity contribution in [3.8, 4) is 0 Å². The van der Waals surface area contributed by atoms with Gasteiger partial charge in [0.15, 0.2) is 0 Å². The van der Waals surface area contributed by atoms with Gasteiger partial charge in [-0.3, -0.25) is 4.79 Å². The predicted octanol–water partition coefficient (Wildman–Crippen LogP) is 4.37. The molecule has 0 unspecified atom stereocenters. The van der Waals surface area contributed by atoms with Gasteiger partial charge in [-0.1, -0.05) is 41.4 Å². The normalized spacial score (nSPS) is 12.0. The molecule has 0 aliphatic carbocycles. The van der Waals surface area contributed by atoms with E-state index in [9.17, 15) is 4.79 Å². The van der Waals surface area contributed by atoms with Gasteiger partial charge in [-0.15, -0.1) is 0 Å². The van der Waals surface area contributed by atoms with Gasteiger partial charge in [0, 0.05) is 34.1 Å². The average Bonchev–Trinajstić information content (AvgIpc) is 2.77. The number of aliphatic carboxylic acids is 1. The second-order valence-corrected chi connectivity index (χ2v) is 5.31. The number of nitrogens with zero attached hydrogens (tertiary/aromatic N) is 1. The Morgan fingerprint density at radius 3 is 2.80 bits per heavy atom. The van der Waals surface area contributed by atoms with Crippen molar-refractivity contribution in [1.82, 2.24) is 4.57 Å². The van der Waals surface area contributed by atoms with Crippen LogP contribution in [0.5, 0.6) is 0 Å². The van der Waals surface area contributed by atoms with Gasteiger partial charge >= 0.3 is 5.97 Å². The van der Waals surface area contributed by atoms with E-state index in [2.05, 4.69) is 0 Å². The van der Waals surface area contributed by atoms with E-state index in [0.29, 0.717) is 18.0 Å². The minimum atomic E-state index is -0.762. The molecule has 0 saturated carbocycles. The van der Waals surface area contributed by atoms with E-state index in [0.717, 1.165) is 22.9 Å². The first kappa shape index (κ1) is 14.9. The van der Waals surface area contributed by atoms with Gasteiger partial charge in [-0.2, -0.15) is 0 Å². The van der Waals surface area contributed by atoms with Crippen molar-refractivity contribution in [2.24, 2.45) is 0 Å². The summed E-state index contributed by atoms with van der Waals surface area (Å²) in [5.41, 5.74) is 3.58. The van der Waals surface area contributed by atoms with Crippen LogP contribution >= 0.6 is 23.2 Å². The lowest BCUT2D eigenvalue weighted by Gasteiger charge is -2.02. The number of fused-ring (bicyclic) bond motifs is 1. The lowest BCUT2D eigenvalue weighted by Crippen LogP contribution is -1.96. The molecule has 2 aromatic rings. The summed E-state index contributed by atoms with van der Waals surface area (Å²) in [7, 11) is 0. The van der Waals surface area contributed by atoms with Crippen LogP contribution in [0.15, 0.2) is 41.0 Å². The van der Waals surface area contributed by atoms with E-state index >= 15 is 0 Å². The van der Waals surface area contributed by atoms with E-state index in [1.807, 2.05) is 35.0 Å². The highest BCUT2D eigenvalue weighted by atomic mass is 35.5. The average molecular weight is 312 g/mol. The smallest absolute Gasteiger partial charge is 0.303 e. The third-order valence-electron chi connectivity index (χ3n) is 3.15. The Morgan fingerprint density at radius 2 is 2.10 bits per heavy atom. The molecule has 20 heavy (non-hydrogen) atoms. The SMILES string of the molecule is O=C(O)CCCc1cn(CC(Cl)=CCl)c2ccccc12. The van der Waals surface area contributed by atoms with Crippen molar-refractivity contribution >= 4 is 40.1 Å². The molecule has 106 valence electrons. The summed E-state index contributed by atoms with van der Waals surface area (Å²) in [5, 5.41) is 10.4. The number of carboxylic acids is 1. The molecule has 3 nitrogen and oxygen atoms in total. The van der Waals surface area contributed by atoms with Crippen molar-refractivity contribution in [3.63, 3.8) is 0 Å². The lowest BCUT2D eigenvalue weighted by atomic mass is 10.1. The van der Waals surface area contributed by atoms with Gasteiger partial charge in [0.05, 0.1) is 6.54 Å². The largest absolute Gasteiger partial charge is 0.481 e. The number of rotatable bonds is 6. The van der Waals surface area contributed by atoms with Gasteiger partial charge < -0.3 is 9.67 Å². The molecule has 0 aliphatic rings. The zero-order valence-electron chi connectivity index (χ0n) is 10.9. The highest BCUT2D eigenvalue weighted by Crippen LogP contribution is 2.24. The Kier molecular flexibility index (Phi) is 5.10. The number of hydrogen-bond acceptors (Lipinski definition) is 1. The van der Waals surface area contributed by atoms with Crippen molar-refractivity contribution < 1.29 is 9.90 Å². The van der Waals surface area contributed by atoms with Crippen molar-refractivity contribution in [2.45, 2.75) is 25.8 Å². The van der Waals surface area contributed by atoms with Crippen molar-refractivity contribution in [2.75, 3.05) is 0 Å². The second kappa shape index (κ2) is 6.82. The monoisotopic (exact) mass is 311 g/mol. The standard InChI is InChI=1S/C15H15Cl2NO2/c16-8-12(17)10-18-9-11(4-3-7-15(19)20)13-5-1-2-6-14(13)18/h1-2,5-6,8-9H,3-4,7,10H2,(H,19,20). The fourth-order valence-corrected chi connectivity index (χ4v) is 2.48. The highest BCUT2D eigenvalue weighted by Gasteiger charge is 2.09. The Morgan fingerprint density at radius 1 is 1.35 bits per heavy atom. The molecule has 0 fully saturated rings. The van der Waals surface area contributed by atoms with Crippen LogP contribution < -0.4 is 0 Å². The molecule has 1 heterocycles. The van der Waals surface area contributed by atoms with Crippen molar-refractivity contribution in [3.05, 3.63) is 46.6 Å². The summed E-state index contributed by atoms with van der Waals surface area (Å²) < 4.78 is 2.03. The number of hydrogen-bond donors (Lipinski definition) is 1. The predicted molar refractivity (Wildman–Crippen MR) is 82.3 cm³/mol. The summed E-state index contributed by atoms with van der Waals surface area (Å²) in [6.45, 7) is 0.518. The maximum absolute atomic E-state index is 10.6. The summed E-state index contributed by atoms with van der Waals surface area (Å²) in [5.74, 6) is -0.762. The third-order valence-corrected chi connectivity index (χ3v) is 3.75. The minimum absolute atomic E-state index is 0.182. The summed E-state index contributed by atoms with van der Waals surface area (Å²) in [4.78, 5) is 10.6. The van der Waals surface area contributed by atoms with Crippen LogP contribution in [-0.2, 0) is 17.8 Å². The van der Waals surface area contributed by atoms with Gasteiger partial charge in [0.1, 0.15) is 0 Å². The lowest BCUT2D eigenvalue weighted by molar-refractivity contribution is -0.137. The first-order valence-electron chi connectivity index (χ1n) is 6.35. The zero-order valence-corrected chi connectivity index (χ0v) is 12.4. The summed E-state index contributed by atoms with van der Waals surface area (Å²) >= 11 is 11.6. The maximum Gasteiger partial charge on any atom is 0.303 e. The Balaban J connectivity index is 2.28. The number of aromatic nitrogens is 1. The minimum Gasteiger partial charge on any atom is -0.481 e. The van der Waals surface area contributed by atoms with Crippen LogP contribution in [0.25, 0.3) is 10.9 Å². The van der Waals surface area contributed by atoms with Crippen LogP contribution in [0.1, 0.15) is 18.4 Å². The molecule has 0 atom stereocenters. The molecule has 0 bridgehead atoms. The topological polar surface area (TPSA) is 42.2 Å². The molecule has 0 aliphatic heterocycles. The molecule has 1 aromatic carbocycles. The number of carboxylic acid groups (broad SMARTS) is 1. The Bertz CT molecular complexity index is 646. The number of benzene rings is 1. The van der Waals surface area contributed by atoms with E-state index in [1.54, 1.807) is 0 Å². The van der Waals surface area contributed by atoms with E-state index in [-0.39, 0.29) is 6.42 Å². The second-order valence-electron chi connectivity index (χ2n) is 4.60. The van der Waals surface area contributed by atoms with E-state index in [4.69, 9.17) is 28.3 Å². The number of allylic oxidation sites excluding steroid dienone is 1. The molecule has 0 saturated heterocycles. The maximum atomic E-state index is 10.6. The molecular formula is C15H15Cl2NO2. The van der Waals surface area contributed by atoms with Crippen LogP contribution in [0.3, 0.4) is 0 Å². The van der Waals surface area contributed by atoms with Gasteiger partial charge in [-0.05, 0) is 24.5 Å². The highest BCUT2D eigenvalue weighted by molar-refractivity contribution is 6.36. The molecule has 1 aromatic heterocycles. The first-order valence-corrected chi connectivity index (χ1v) is 7.16.